The van der Waals surface area contributed by atoms with Crippen molar-refractivity contribution in [1.29, 1.82) is 0 Å². The van der Waals surface area contributed by atoms with E-state index in [0.717, 1.165) is 6.42 Å². The Morgan fingerprint density at radius 1 is 1.59 bits per heavy atom. The van der Waals surface area contributed by atoms with E-state index in [2.05, 4.69) is 19.6 Å². The Kier molecular flexibility index (Phi) is 3.43. The molecule has 0 aliphatic heterocycles. The number of benzene rings is 1. The molecular formula is C13H16FNOS. The van der Waals surface area contributed by atoms with E-state index in [1.807, 2.05) is 0 Å². The zero-order chi connectivity index (χ0) is 12.6. The molecule has 0 N–H and O–H groups in total. The number of amides is 1. The number of carbonyl (C=O) groups excluding carboxylic acids is 1. The van der Waals surface area contributed by atoms with Crippen molar-refractivity contribution in [3.05, 3.63) is 29.6 Å². The Balaban J connectivity index is 2.10. The molecule has 17 heavy (non-hydrogen) atoms. The molecular weight excluding hydrogens is 237 g/mol. The van der Waals surface area contributed by atoms with Crippen LogP contribution >= 0.6 is 12.6 Å². The summed E-state index contributed by atoms with van der Waals surface area (Å²) in [5.74, 6) is 0.513. The van der Waals surface area contributed by atoms with Crippen molar-refractivity contribution in [1.82, 2.24) is 4.90 Å². The summed E-state index contributed by atoms with van der Waals surface area (Å²) in [6.45, 7) is 2.87. The summed E-state index contributed by atoms with van der Waals surface area (Å²) in [4.78, 5) is 14.2. The third-order valence-corrected chi connectivity index (χ3v) is 3.59. The molecule has 1 aromatic rings. The van der Waals surface area contributed by atoms with E-state index in [9.17, 15) is 9.18 Å². The van der Waals surface area contributed by atoms with Crippen LogP contribution in [-0.4, -0.2) is 24.4 Å². The number of carbonyl (C=O) groups is 1. The highest BCUT2D eigenvalue weighted by Crippen LogP contribution is 2.38. The maximum absolute atomic E-state index is 13.5. The van der Waals surface area contributed by atoms with Crippen LogP contribution in [-0.2, 0) is 0 Å². The maximum atomic E-state index is 13.5. The highest BCUT2D eigenvalue weighted by molar-refractivity contribution is 7.80. The second kappa shape index (κ2) is 4.69. The minimum absolute atomic E-state index is 0.105. The van der Waals surface area contributed by atoms with Crippen molar-refractivity contribution < 1.29 is 9.18 Å². The van der Waals surface area contributed by atoms with Crippen molar-refractivity contribution in [3.8, 4) is 0 Å². The molecule has 0 radical (unpaired) electrons. The molecule has 0 bridgehead atoms. The van der Waals surface area contributed by atoms with E-state index in [-0.39, 0.29) is 11.5 Å². The molecule has 1 aliphatic carbocycles. The zero-order valence-electron chi connectivity index (χ0n) is 9.98. The lowest BCUT2D eigenvalue weighted by Gasteiger charge is -2.17. The zero-order valence-corrected chi connectivity index (χ0v) is 10.9. The van der Waals surface area contributed by atoms with E-state index >= 15 is 0 Å². The molecule has 1 aromatic carbocycles. The van der Waals surface area contributed by atoms with Crippen LogP contribution in [0.5, 0.6) is 0 Å². The minimum atomic E-state index is -0.483. The number of hydrogen-bond acceptors (Lipinski definition) is 2. The SMILES string of the molecule is CC1CC1CN(C)C(=O)c1cc(S)ccc1F. The van der Waals surface area contributed by atoms with E-state index in [1.165, 1.54) is 18.2 Å². The van der Waals surface area contributed by atoms with Gasteiger partial charge in [-0.05, 0) is 36.5 Å². The topological polar surface area (TPSA) is 20.3 Å². The predicted molar refractivity (Wildman–Crippen MR) is 67.9 cm³/mol. The fourth-order valence-electron chi connectivity index (χ4n) is 1.97. The maximum Gasteiger partial charge on any atom is 0.256 e. The van der Waals surface area contributed by atoms with E-state index in [1.54, 1.807) is 11.9 Å². The van der Waals surface area contributed by atoms with Crippen LogP contribution in [0.25, 0.3) is 0 Å². The second-order valence-corrected chi connectivity index (χ2v) is 5.34. The largest absolute Gasteiger partial charge is 0.341 e. The van der Waals surface area contributed by atoms with E-state index < -0.39 is 5.82 Å². The molecule has 1 amide bonds. The van der Waals surface area contributed by atoms with Crippen LogP contribution in [0.2, 0.25) is 0 Å². The average molecular weight is 253 g/mol. The van der Waals surface area contributed by atoms with Gasteiger partial charge in [0.05, 0.1) is 5.56 Å². The molecule has 2 rings (SSSR count). The molecule has 1 aliphatic rings. The van der Waals surface area contributed by atoms with Gasteiger partial charge in [0.2, 0.25) is 0 Å². The van der Waals surface area contributed by atoms with Gasteiger partial charge in [-0.25, -0.2) is 4.39 Å². The molecule has 0 spiro atoms. The number of thiol groups is 1. The molecule has 2 unspecified atom stereocenters. The lowest BCUT2D eigenvalue weighted by atomic mass is 10.2. The van der Waals surface area contributed by atoms with Gasteiger partial charge >= 0.3 is 0 Å². The van der Waals surface area contributed by atoms with Crippen molar-refractivity contribution in [2.45, 2.75) is 18.2 Å². The number of rotatable bonds is 3. The number of nitrogens with zero attached hydrogens (tertiary/aromatic N) is 1. The molecule has 92 valence electrons. The quantitative estimate of drug-likeness (QED) is 0.821. The first-order valence-corrected chi connectivity index (χ1v) is 6.17. The average Bonchev–Trinajstić information content (AvgIpc) is 2.96. The van der Waals surface area contributed by atoms with Gasteiger partial charge in [0, 0.05) is 18.5 Å². The summed E-state index contributed by atoms with van der Waals surface area (Å²) in [5.41, 5.74) is 0.105. The predicted octanol–water partition coefficient (Wildman–Crippen LogP) is 2.84. The third-order valence-electron chi connectivity index (χ3n) is 3.31. The third kappa shape index (κ3) is 2.80. The molecule has 0 aromatic heterocycles. The minimum Gasteiger partial charge on any atom is -0.341 e. The van der Waals surface area contributed by atoms with Gasteiger partial charge in [0.15, 0.2) is 0 Å². The van der Waals surface area contributed by atoms with Crippen molar-refractivity contribution in [3.63, 3.8) is 0 Å². The molecule has 1 fully saturated rings. The van der Waals surface area contributed by atoms with E-state index in [4.69, 9.17) is 0 Å². The number of hydrogen-bond donors (Lipinski definition) is 1. The van der Waals surface area contributed by atoms with Crippen LogP contribution in [0, 0.1) is 17.7 Å². The lowest BCUT2D eigenvalue weighted by molar-refractivity contribution is 0.0782. The first kappa shape index (κ1) is 12.4. The molecule has 1 saturated carbocycles. The van der Waals surface area contributed by atoms with Crippen LogP contribution in [0.1, 0.15) is 23.7 Å². The first-order chi connectivity index (χ1) is 7.99. The molecule has 0 saturated heterocycles. The summed E-state index contributed by atoms with van der Waals surface area (Å²) in [6.07, 6.45) is 1.16. The van der Waals surface area contributed by atoms with E-state index in [0.29, 0.717) is 23.3 Å². The van der Waals surface area contributed by atoms with Gasteiger partial charge < -0.3 is 4.90 Å². The van der Waals surface area contributed by atoms with Gasteiger partial charge in [-0.15, -0.1) is 12.6 Å². The molecule has 2 atom stereocenters. The molecule has 0 heterocycles. The Morgan fingerprint density at radius 3 is 2.82 bits per heavy atom. The van der Waals surface area contributed by atoms with Gasteiger partial charge in [-0.1, -0.05) is 6.92 Å². The Hall–Kier alpha value is -1.03. The highest BCUT2D eigenvalue weighted by atomic mass is 32.1. The lowest BCUT2D eigenvalue weighted by Crippen LogP contribution is -2.29. The fourth-order valence-corrected chi connectivity index (χ4v) is 2.17. The normalized spacial score (nSPS) is 22.4. The smallest absolute Gasteiger partial charge is 0.256 e. The standard InChI is InChI=1S/C13H16FNOS/c1-8-5-9(8)7-15(2)13(16)11-6-10(17)3-4-12(11)14/h3-4,6,8-9,17H,5,7H2,1-2H3. The van der Waals surface area contributed by atoms with Crippen LogP contribution in [0.4, 0.5) is 4.39 Å². The van der Waals surface area contributed by atoms with Crippen LogP contribution < -0.4 is 0 Å². The van der Waals surface area contributed by atoms with Crippen LogP contribution in [0.3, 0.4) is 0 Å². The summed E-state index contributed by atoms with van der Waals surface area (Å²) in [6, 6.07) is 4.30. The fraction of sp³-hybridized carbons (Fsp3) is 0.462. The van der Waals surface area contributed by atoms with Gasteiger partial charge in [-0.2, -0.15) is 0 Å². The second-order valence-electron chi connectivity index (χ2n) is 4.82. The monoisotopic (exact) mass is 253 g/mol. The first-order valence-electron chi connectivity index (χ1n) is 5.73. The summed E-state index contributed by atoms with van der Waals surface area (Å²) >= 11 is 4.12. The summed E-state index contributed by atoms with van der Waals surface area (Å²) in [5, 5.41) is 0. The highest BCUT2D eigenvalue weighted by Gasteiger charge is 2.34. The van der Waals surface area contributed by atoms with Crippen molar-refractivity contribution >= 4 is 18.5 Å². The Labute approximate surface area is 106 Å². The van der Waals surface area contributed by atoms with Gasteiger partial charge in [-0.3, -0.25) is 4.79 Å². The molecule has 4 heteroatoms. The molecule has 2 nitrogen and oxygen atoms in total. The van der Waals surface area contributed by atoms with Gasteiger partial charge in [0.25, 0.3) is 5.91 Å². The van der Waals surface area contributed by atoms with Gasteiger partial charge in [0.1, 0.15) is 5.82 Å². The summed E-state index contributed by atoms with van der Waals surface area (Å²) in [7, 11) is 1.72. The van der Waals surface area contributed by atoms with Crippen molar-refractivity contribution in [2.75, 3.05) is 13.6 Å². The van der Waals surface area contributed by atoms with Crippen molar-refractivity contribution in [2.24, 2.45) is 11.8 Å². The van der Waals surface area contributed by atoms with Crippen LogP contribution in [0.15, 0.2) is 23.1 Å². The number of halogens is 1. The Morgan fingerprint density at radius 2 is 2.24 bits per heavy atom. The Bertz CT molecular complexity index is 449. The summed E-state index contributed by atoms with van der Waals surface area (Å²) < 4.78 is 13.5.